The zero-order chi connectivity index (χ0) is 20.3. The number of allylic oxidation sites excluding steroid dienone is 2. The second kappa shape index (κ2) is 5.00. The second-order valence-electron chi connectivity index (χ2n) is 9.22. The third-order valence-corrected chi connectivity index (χ3v) is 8.90. The van der Waals surface area contributed by atoms with Gasteiger partial charge in [0.1, 0.15) is 11.9 Å². The van der Waals surface area contributed by atoms with Gasteiger partial charge in [-0.3, -0.25) is 14.5 Å². The van der Waals surface area contributed by atoms with Crippen LogP contribution in [0.4, 0.5) is 0 Å². The van der Waals surface area contributed by atoms with Crippen LogP contribution in [0.2, 0.25) is 0 Å². The number of likely N-dealkylation sites (tertiary alicyclic amines) is 1. The lowest BCUT2D eigenvalue weighted by molar-refractivity contribution is -0.317. The molecular formula is C21H27NO6. The molecule has 3 fully saturated rings. The molecule has 3 unspecified atom stereocenters. The monoisotopic (exact) mass is 389 g/mol. The summed E-state index contributed by atoms with van der Waals surface area (Å²) in [6.45, 7) is 2.77. The lowest BCUT2D eigenvalue weighted by atomic mass is 9.31. The van der Waals surface area contributed by atoms with Gasteiger partial charge in [0.15, 0.2) is 11.5 Å². The fourth-order valence-electron chi connectivity index (χ4n) is 8.39. The highest BCUT2D eigenvalue weighted by atomic mass is 16.5. The number of ether oxygens (including phenoxy) is 3. The summed E-state index contributed by atoms with van der Waals surface area (Å²) in [5.74, 6) is 0.796. The maximum absolute atomic E-state index is 13.4. The number of piperidine rings is 1. The number of rotatable bonds is 3. The van der Waals surface area contributed by atoms with E-state index in [-0.39, 0.29) is 35.1 Å². The normalized spacial score (nSPS) is 49.1. The Morgan fingerprint density at radius 2 is 1.89 bits per heavy atom. The van der Waals surface area contributed by atoms with E-state index < -0.39 is 22.5 Å². The van der Waals surface area contributed by atoms with E-state index in [0.29, 0.717) is 24.4 Å². The highest BCUT2D eigenvalue weighted by Gasteiger charge is 2.94. The number of Topliss-reactive ketones (excluding diaryl/α,β-unsaturated/α-hetero) is 1. The Bertz CT molecular complexity index is 878. The molecule has 0 aromatic heterocycles. The highest BCUT2D eigenvalue weighted by molar-refractivity contribution is 6.04. The third-order valence-electron chi connectivity index (χ3n) is 8.90. The number of carbonyl (C=O) groups is 2. The maximum Gasteiger partial charge on any atom is 0.201 e. The number of ketones is 2. The van der Waals surface area contributed by atoms with Gasteiger partial charge in [0, 0.05) is 30.0 Å². The van der Waals surface area contributed by atoms with Gasteiger partial charge in [-0.25, -0.2) is 0 Å². The van der Waals surface area contributed by atoms with Gasteiger partial charge in [0.05, 0.1) is 32.2 Å². The van der Waals surface area contributed by atoms with Gasteiger partial charge in [0.25, 0.3) is 0 Å². The molecule has 7 heteroatoms. The third kappa shape index (κ3) is 1.34. The minimum atomic E-state index is -1.06. The van der Waals surface area contributed by atoms with Crippen molar-refractivity contribution in [3.05, 3.63) is 23.4 Å². The number of hydrogen-bond acceptors (Lipinski definition) is 7. The molecule has 0 radical (unpaired) electrons. The first-order chi connectivity index (χ1) is 13.2. The molecule has 152 valence electrons. The molecule has 4 spiro atoms. The van der Waals surface area contributed by atoms with E-state index in [4.69, 9.17) is 14.2 Å². The molecule has 1 N–H and O–H groups in total. The fourth-order valence-corrected chi connectivity index (χ4v) is 8.39. The van der Waals surface area contributed by atoms with Crippen LogP contribution in [0.15, 0.2) is 23.4 Å². The predicted molar refractivity (Wildman–Crippen MR) is 97.8 cm³/mol. The Kier molecular flexibility index (Phi) is 3.25. The number of hydrogen-bond donors (Lipinski definition) is 1. The Morgan fingerprint density at radius 3 is 2.43 bits per heavy atom. The lowest BCUT2D eigenvalue weighted by Gasteiger charge is -2.80. The van der Waals surface area contributed by atoms with Crippen molar-refractivity contribution in [2.75, 3.05) is 34.9 Å². The van der Waals surface area contributed by atoms with E-state index in [1.54, 1.807) is 7.11 Å². The van der Waals surface area contributed by atoms with Crippen LogP contribution in [0.25, 0.3) is 0 Å². The summed E-state index contributed by atoms with van der Waals surface area (Å²) in [6.07, 6.45) is 1.89. The van der Waals surface area contributed by atoms with Crippen molar-refractivity contribution in [1.82, 2.24) is 4.90 Å². The van der Waals surface area contributed by atoms with Crippen molar-refractivity contribution < 1.29 is 28.9 Å². The Hall–Kier alpha value is -1.86. The molecule has 28 heavy (non-hydrogen) atoms. The average Bonchev–Trinajstić information content (AvgIpc) is 2.96. The number of nitrogens with zero attached hydrogens (tertiary/aromatic N) is 1. The van der Waals surface area contributed by atoms with Gasteiger partial charge >= 0.3 is 0 Å². The minimum absolute atomic E-state index is 0.0986. The molecule has 7 nitrogen and oxygen atoms in total. The molecular weight excluding hydrogens is 362 g/mol. The van der Waals surface area contributed by atoms with E-state index in [1.807, 2.05) is 14.0 Å². The van der Waals surface area contributed by atoms with Crippen molar-refractivity contribution in [2.45, 2.75) is 37.8 Å². The van der Waals surface area contributed by atoms with Crippen molar-refractivity contribution in [1.29, 1.82) is 0 Å². The topological polar surface area (TPSA) is 85.3 Å². The molecule has 5 rings (SSSR count). The molecule has 4 aliphatic carbocycles. The van der Waals surface area contributed by atoms with Crippen LogP contribution in [-0.4, -0.2) is 68.1 Å². The highest BCUT2D eigenvalue weighted by Crippen LogP contribution is 2.88. The first-order valence-electron chi connectivity index (χ1n) is 9.79. The largest absolute Gasteiger partial charge is 0.498 e. The molecule has 2 bridgehead atoms. The summed E-state index contributed by atoms with van der Waals surface area (Å²) >= 11 is 0. The van der Waals surface area contributed by atoms with Crippen molar-refractivity contribution in [3.8, 4) is 0 Å². The second-order valence-corrected chi connectivity index (χ2v) is 9.22. The van der Waals surface area contributed by atoms with Gasteiger partial charge in [0.2, 0.25) is 11.5 Å². The van der Waals surface area contributed by atoms with E-state index in [0.717, 1.165) is 6.54 Å². The van der Waals surface area contributed by atoms with Gasteiger partial charge in [-0.1, -0.05) is 6.92 Å². The summed E-state index contributed by atoms with van der Waals surface area (Å²) < 4.78 is 16.6. The van der Waals surface area contributed by atoms with Crippen molar-refractivity contribution in [3.63, 3.8) is 0 Å². The van der Waals surface area contributed by atoms with E-state index in [1.165, 1.54) is 20.3 Å². The standard InChI is InChI=1S/C21H27NO6/c1-11-7-20-18(10-22(20)2)9-19(20,8-12(23)15(27-4)17(18)28-5)21(11)14(24)6-13(26-3)16(21)25/h6,11,16,25H,7-10H2,1-5H3/t11?,16?,18?,19-,20+,21+/m0/s1. The SMILES string of the molecule is COC1=CC(=O)[C@]2(C(C)C[C@@]34N(C)CC35C[C@]24CC(=O)C(OC)=C5OC)C1O. The molecule has 1 heterocycles. The minimum Gasteiger partial charge on any atom is -0.498 e. The van der Waals surface area contributed by atoms with Gasteiger partial charge in [-0.15, -0.1) is 0 Å². The molecule has 6 atom stereocenters. The van der Waals surface area contributed by atoms with Gasteiger partial charge < -0.3 is 19.3 Å². The Labute approximate surface area is 164 Å². The zero-order valence-corrected chi connectivity index (χ0v) is 17.0. The van der Waals surface area contributed by atoms with Crippen LogP contribution in [0.5, 0.6) is 0 Å². The summed E-state index contributed by atoms with van der Waals surface area (Å²) in [7, 11) is 6.60. The summed E-state index contributed by atoms with van der Waals surface area (Å²) in [5.41, 5.74) is -2.51. The van der Waals surface area contributed by atoms with Crippen molar-refractivity contribution in [2.24, 2.45) is 22.2 Å². The van der Waals surface area contributed by atoms with Gasteiger partial charge in [-0.05, 0) is 25.8 Å². The number of aliphatic hydroxyl groups is 1. The van der Waals surface area contributed by atoms with Gasteiger partial charge in [-0.2, -0.15) is 0 Å². The van der Waals surface area contributed by atoms with Crippen LogP contribution in [0, 0.1) is 22.2 Å². The van der Waals surface area contributed by atoms with Crippen LogP contribution in [-0.2, 0) is 23.8 Å². The molecule has 0 aromatic rings. The van der Waals surface area contributed by atoms with E-state index in [9.17, 15) is 14.7 Å². The van der Waals surface area contributed by atoms with Crippen molar-refractivity contribution >= 4 is 11.6 Å². The Balaban J connectivity index is 1.77. The Morgan fingerprint density at radius 1 is 1.18 bits per heavy atom. The molecule has 2 saturated carbocycles. The van der Waals surface area contributed by atoms with Crippen LogP contribution >= 0.6 is 0 Å². The first-order valence-corrected chi connectivity index (χ1v) is 9.79. The lowest BCUT2D eigenvalue weighted by Crippen LogP contribution is -2.88. The quantitative estimate of drug-likeness (QED) is 0.771. The molecule has 0 amide bonds. The van der Waals surface area contributed by atoms with Crippen LogP contribution in [0.1, 0.15) is 26.2 Å². The summed E-state index contributed by atoms with van der Waals surface area (Å²) in [6, 6.07) is 0. The van der Waals surface area contributed by atoms with E-state index >= 15 is 0 Å². The summed E-state index contributed by atoms with van der Waals surface area (Å²) in [4.78, 5) is 29.0. The molecule has 1 saturated heterocycles. The fraction of sp³-hybridized carbons (Fsp3) is 0.714. The first kappa shape index (κ1) is 18.2. The smallest absolute Gasteiger partial charge is 0.201 e. The number of aliphatic hydroxyl groups excluding tert-OH is 1. The number of carbonyl (C=O) groups excluding carboxylic acids is 2. The molecule has 1 aliphatic heterocycles. The zero-order valence-electron chi connectivity index (χ0n) is 17.0. The van der Waals surface area contributed by atoms with E-state index in [2.05, 4.69) is 4.90 Å². The maximum atomic E-state index is 13.4. The molecule has 5 aliphatic rings. The number of methoxy groups -OCH3 is 3. The predicted octanol–water partition coefficient (Wildman–Crippen LogP) is 1.02. The summed E-state index contributed by atoms with van der Waals surface area (Å²) in [5, 5.41) is 11.3. The average molecular weight is 389 g/mol. The van der Waals surface area contributed by atoms with Crippen LogP contribution in [0.3, 0.4) is 0 Å². The molecule has 0 aromatic carbocycles. The van der Waals surface area contributed by atoms with Crippen LogP contribution < -0.4 is 0 Å².